The van der Waals surface area contributed by atoms with Crippen molar-refractivity contribution >= 4 is 33.0 Å². The van der Waals surface area contributed by atoms with Crippen molar-refractivity contribution in [2.45, 2.75) is 30.7 Å². The Balaban J connectivity index is 1.63. The van der Waals surface area contributed by atoms with Crippen molar-refractivity contribution in [2.24, 2.45) is 0 Å². The fourth-order valence-corrected chi connectivity index (χ4v) is 5.63. The molecule has 0 aliphatic carbocycles. The number of nitrogens with one attached hydrogen (secondary N) is 1. The number of likely N-dealkylation sites (tertiary alicyclic amines) is 1. The summed E-state index contributed by atoms with van der Waals surface area (Å²) in [6.45, 7) is 2.44. The maximum atomic E-state index is 13.3. The molecule has 1 fully saturated rings. The summed E-state index contributed by atoms with van der Waals surface area (Å²) in [5.41, 5.74) is 1.35. The van der Waals surface area contributed by atoms with Crippen LogP contribution >= 0.6 is 11.3 Å². The lowest BCUT2D eigenvalue weighted by molar-refractivity contribution is 0.0737. The van der Waals surface area contributed by atoms with Crippen LogP contribution in [-0.2, 0) is 10.0 Å². The first-order chi connectivity index (χ1) is 14.3. The Morgan fingerprint density at radius 2 is 1.93 bits per heavy atom. The number of aryl methyl sites for hydroxylation is 1. The summed E-state index contributed by atoms with van der Waals surface area (Å²) < 4.78 is 41.2. The van der Waals surface area contributed by atoms with E-state index in [0.717, 1.165) is 23.3 Å². The second-order valence-electron chi connectivity index (χ2n) is 7.26. The first kappa shape index (κ1) is 20.6. The van der Waals surface area contributed by atoms with E-state index in [1.165, 1.54) is 36.4 Å². The maximum Gasteiger partial charge on any atom is 0.261 e. The van der Waals surface area contributed by atoms with E-state index in [2.05, 4.69) is 4.72 Å². The number of sulfonamides is 1. The SMILES string of the molecule is Cc1ccc(S(=O)(=O)Nc2ccc(F)cc2)cc1C(=O)N1CCCC1c1cccs1. The lowest BCUT2D eigenvalue weighted by Crippen LogP contribution is -2.31. The van der Waals surface area contributed by atoms with Gasteiger partial charge in [-0.25, -0.2) is 12.8 Å². The number of carbonyl (C=O) groups is 1. The number of benzene rings is 2. The summed E-state index contributed by atoms with van der Waals surface area (Å²) in [7, 11) is -3.92. The third-order valence-corrected chi connectivity index (χ3v) is 7.58. The fourth-order valence-electron chi connectivity index (χ4n) is 3.67. The first-order valence-electron chi connectivity index (χ1n) is 9.58. The number of rotatable bonds is 5. The Labute approximate surface area is 179 Å². The monoisotopic (exact) mass is 444 g/mol. The molecule has 0 saturated carbocycles. The van der Waals surface area contributed by atoms with Crippen LogP contribution < -0.4 is 4.72 Å². The fraction of sp³-hybridized carbons (Fsp3) is 0.227. The molecule has 1 aromatic heterocycles. The van der Waals surface area contributed by atoms with E-state index in [-0.39, 0.29) is 22.5 Å². The van der Waals surface area contributed by atoms with Crippen LogP contribution in [0, 0.1) is 12.7 Å². The minimum absolute atomic E-state index is 0.00681. The highest BCUT2D eigenvalue weighted by molar-refractivity contribution is 7.92. The number of anilines is 1. The van der Waals surface area contributed by atoms with E-state index < -0.39 is 15.8 Å². The van der Waals surface area contributed by atoms with Crippen molar-refractivity contribution < 1.29 is 17.6 Å². The molecule has 1 unspecified atom stereocenters. The van der Waals surface area contributed by atoms with Gasteiger partial charge in [0.15, 0.2) is 0 Å². The van der Waals surface area contributed by atoms with Crippen LogP contribution in [0.2, 0.25) is 0 Å². The van der Waals surface area contributed by atoms with Gasteiger partial charge in [-0.05, 0) is 73.2 Å². The number of hydrogen-bond donors (Lipinski definition) is 1. The van der Waals surface area contributed by atoms with Crippen LogP contribution in [-0.4, -0.2) is 25.8 Å². The average Bonchev–Trinajstić information content (AvgIpc) is 3.40. The summed E-state index contributed by atoms with van der Waals surface area (Å²) in [5, 5.41) is 2.00. The summed E-state index contributed by atoms with van der Waals surface area (Å²) in [6.07, 6.45) is 1.81. The van der Waals surface area contributed by atoms with Gasteiger partial charge in [0.2, 0.25) is 0 Å². The molecular formula is C22H21FN2O3S2. The van der Waals surface area contributed by atoms with Crippen LogP contribution in [0.3, 0.4) is 0 Å². The second kappa shape index (κ2) is 8.20. The van der Waals surface area contributed by atoms with Gasteiger partial charge in [0.25, 0.3) is 15.9 Å². The zero-order valence-corrected chi connectivity index (χ0v) is 18.0. The molecule has 2 aromatic carbocycles. The normalized spacial score (nSPS) is 16.6. The zero-order chi connectivity index (χ0) is 21.3. The quantitative estimate of drug-likeness (QED) is 0.604. The van der Waals surface area contributed by atoms with Gasteiger partial charge in [-0.1, -0.05) is 12.1 Å². The summed E-state index contributed by atoms with van der Waals surface area (Å²) >= 11 is 1.62. The number of thiophene rings is 1. The molecule has 1 saturated heterocycles. The van der Waals surface area contributed by atoms with Crippen molar-refractivity contribution in [1.29, 1.82) is 0 Å². The molecule has 1 N–H and O–H groups in total. The molecule has 1 aliphatic rings. The van der Waals surface area contributed by atoms with Crippen molar-refractivity contribution in [3.05, 3.63) is 81.8 Å². The predicted molar refractivity (Wildman–Crippen MR) is 116 cm³/mol. The van der Waals surface area contributed by atoms with E-state index in [1.54, 1.807) is 24.3 Å². The number of carbonyl (C=O) groups excluding carboxylic acids is 1. The van der Waals surface area contributed by atoms with Crippen LogP contribution in [0.15, 0.2) is 64.9 Å². The highest BCUT2D eigenvalue weighted by Gasteiger charge is 2.32. The minimum atomic E-state index is -3.92. The average molecular weight is 445 g/mol. The smallest absolute Gasteiger partial charge is 0.261 e. The molecule has 1 amide bonds. The van der Waals surface area contributed by atoms with Gasteiger partial charge in [0.1, 0.15) is 5.82 Å². The van der Waals surface area contributed by atoms with Crippen molar-refractivity contribution in [3.8, 4) is 0 Å². The minimum Gasteiger partial charge on any atom is -0.331 e. The molecule has 30 heavy (non-hydrogen) atoms. The van der Waals surface area contributed by atoms with Crippen LogP contribution in [0.5, 0.6) is 0 Å². The maximum absolute atomic E-state index is 13.3. The van der Waals surface area contributed by atoms with E-state index in [9.17, 15) is 17.6 Å². The molecule has 156 valence electrons. The van der Waals surface area contributed by atoms with Gasteiger partial charge in [0.05, 0.1) is 10.9 Å². The van der Waals surface area contributed by atoms with Gasteiger partial charge in [0, 0.05) is 22.7 Å². The van der Waals surface area contributed by atoms with Gasteiger partial charge in [-0.3, -0.25) is 9.52 Å². The molecule has 4 rings (SSSR count). The molecule has 0 spiro atoms. The third-order valence-electron chi connectivity index (χ3n) is 5.23. The molecule has 2 heterocycles. The molecule has 5 nitrogen and oxygen atoms in total. The third kappa shape index (κ3) is 4.11. The van der Waals surface area contributed by atoms with Crippen LogP contribution in [0.25, 0.3) is 0 Å². The number of halogens is 1. The standard InChI is InChI=1S/C22H21FN2O3S2/c1-15-6-11-18(30(27,28)24-17-9-7-16(23)8-10-17)14-19(15)22(26)25-12-2-4-20(25)21-5-3-13-29-21/h3,5-11,13-14,20,24H,2,4,12H2,1H3. The van der Waals surface area contributed by atoms with Gasteiger partial charge < -0.3 is 4.90 Å². The number of nitrogens with zero attached hydrogens (tertiary/aromatic N) is 1. The zero-order valence-electron chi connectivity index (χ0n) is 16.3. The summed E-state index contributed by atoms with van der Waals surface area (Å²) in [6, 6.07) is 13.6. The summed E-state index contributed by atoms with van der Waals surface area (Å²) in [5.74, 6) is -0.616. The largest absolute Gasteiger partial charge is 0.331 e. The highest BCUT2D eigenvalue weighted by Crippen LogP contribution is 2.36. The van der Waals surface area contributed by atoms with Gasteiger partial charge >= 0.3 is 0 Å². The molecule has 0 radical (unpaired) electrons. The Morgan fingerprint density at radius 3 is 2.63 bits per heavy atom. The van der Waals surface area contributed by atoms with Gasteiger partial charge in [-0.15, -0.1) is 11.3 Å². The molecule has 1 atom stereocenters. The lowest BCUT2D eigenvalue weighted by atomic mass is 10.1. The Bertz CT molecular complexity index is 1160. The molecular weight excluding hydrogens is 423 g/mol. The van der Waals surface area contributed by atoms with Crippen molar-refractivity contribution in [3.63, 3.8) is 0 Å². The van der Waals surface area contributed by atoms with Crippen molar-refractivity contribution in [1.82, 2.24) is 4.90 Å². The van der Waals surface area contributed by atoms with Gasteiger partial charge in [-0.2, -0.15) is 0 Å². The molecule has 8 heteroatoms. The number of hydrogen-bond acceptors (Lipinski definition) is 4. The van der Waals surface area contributed by atoms with Crippen LogP contribution in [0.1, 0.15) is 39.7 Å². The molecule has 1 aliphatic heterocycles. The Morgan fingerprint density at radius 1 is 1.17 bits per heavy atom. The van der Waals surface area contributed by atoms with Crippen LogP contribution in [0.4, 0.5) is 10.1 Å². The van der Waals surface area contributed by atoms with E-state index in [1.807, 2.05) is 22.4 Å². The lowest BCUT2D eigenvalue weighted by Gasteiger charge is -2.25. The molecule has 3 aromatic rings. The topological polar surface area (TPSA) is 66.5 Å². The van der Waals surface area contributed by atoms with E-state index in [0.29, 0.717) is 12.1 Å². The number of amides is 1. The van der Waals surface area contributed by atoms with Crippen molar-refractivity contribution in [2.75, 3.05) is 11.3 Å². The highest BCUT2D eigenvalue weighted by atomic mass is 32.2. The van der Waals surface area contributed by atoms with E-state index >= 15 is 0 Å². The Hall–Kier alpha value is -2.71. The summed E-state index contributed by atoms with van der Waals surface area (Å²) in [4.78, 5) is 16.3. The Kier molecular flexibility index (Phi) is 5.62. The van der Waals surface area contributed by atoms with E-state index in [4.69, 9.17) is 0 Å². The predicted octanol–water partition coefficient (Wildman–Crippen LogP) is 4.97. The first-order valence-corrected chi connectivity index (χ1v) is 11.9. The second-order valence-corrected chi connectivity index (χ2v) is 9.92. The molecule has 0 bridgehead atoms.